The molecule has 1 saturated heterocycles. The molecule has 0 spiro atoms. The van der Waals surface area contributed by atoms with Gasteiger partial charge in [0.15, 0.2) is 5.82 Å². The number of rotatable bonds is 5. The molecule has 7 heteroatoms. The van der Waals surface area contributed by atoms with Gasteiger partial charge in [-0.1, -0.05) is 19.0 Å². The topological polar surface area (TPSA) is 77.0 Å². The predicted octanol–water partition coefficient (Wildman–Crippen LogP) is 3.15. The molecule has 3 rings (SSSR count). The summed E-state index contributed by atoms with van der Waals surface area (Å²) in [5, 5.41) is 8.51. The number of nitrogens with zero attached hydrogens (tertiary/aromatic N) is 5. The molecule has 0 N–H and O–H groups in total. The van der Waals surface area contributed by atoms with Crippen LogP contribution in [0.4, 0.5) is 0 Å². The van der Waals surface area contributed by atoms with Gasteiger partial charge in [-0.15, -0.1) is 0 Å². The number of piperidine rings is 1. The molecule has 0 unspecified atom stereocenters. The van der Waals surface area contributed by atoms with Crippen LogP contribution in [-0.2, 0) is 11.3 Å². The van der Waals surface area contributed by atoms with Crippen molar-refractivity contribution in [2.75, 3.05) is 6.54 Å². The van der Waals surface area contributed by atoms with Crippen molar-refractivity contribution in [2.45, 2.75) is 71.9 Å². The van der Waals surface area contributed by atoms with E-state index in [0.717, 1.165) is 49.4 Å². The van der Waals surface area contributed by atoms with Crippen LogP contribution in [0.5, 0.6) is 0 Å². The summed E-state index contributed by atoms with van der Waals surface area (Å²) in [6.45, 7) is 9.07. The lowest BCUT2D eigenvalue weighted by molar-refractivity contribution is -0.136. The highest BCUT2D eigenvalue weighted by molar-refractivity contribution is 5.76. The van der Waals surface area contributed by atoms with Crippen LogP contribution < -0.4 is 0 Å². The van der Waals surface area contributed by atoms with Crippen molar-refractivity contribution < 1.29 is 9.32 Å². The van der Waals surface area contributed by atoms with Crippen LogP contribution in [-0.4, -0.2) is 37.3 Å². The molecule has 2 atom stereocenters. The van der Waals surface area contributed by atoms with Crippen molar-refractivity contribution >= 4 is 5.91 Å². The molecule has 3 heterocycles. The molecule has 0 radical (unpaired) electrons. The van der Waals surface area contributed by atoms with E-state index in [4.69, 9.17) is 4.52 Å². The second-order valence-electron chi connectivity index (χ2n) is 6.98. The SMILES string of the molecule is CC[C@@H](C)c1noc([C@@H]2CCCCN2C(=O)Cn2nc(C)cc2C)n1. The summed E-state index contributed by atoms with van der Waals surface area (Å²) in [5.74, 6) is 1.62. The molecule has 0 saturated carbocycles. The maximum Gasteiger partial charge on any atom is 0.249 e. The minimum Gasteiger partial charge on any atom is -0.337 e. The van der Waals surface area contributed by atoms with Gasteiger partial charge in [-0.05, 0) is 45.6 Å². The van der Waals surface area contributed by atoms with E-state index in [1.165, 1.54) is 0 Å². The third kappa shape index (κ3) is 3.75. The van der Waals surface area contributed by atoms with Crippen LogP contribution in [0.15, 0.2) is 10.6 Å². The van der Waals surface area contributed by atoms with Crippen molar-refractivity contribution in [3.05, 3.63) is 29.2 Å². The van der Waals surface area contributed by atoms with Gasteiger partial charge >= 0.3 is 0 Å². The lowest BCUT2D eigenvalue weighted by Crippen LogP contribution is -2.40. The quantitative estimate of drug-likeness (QED) is 0.832. The average Bonchev–Trinajstić information content (AvgIpc) is 3.21. The van der Waals surface area contributed by atoms with Gasteiger partial charge in [0.1, 0.15) is 12.6 Å². The van der Waals surface area contributed by atoms with Crippen LogP contribution in [0, 0.1) is 13.8 Å². The van der Waals surface area contributed by atoms with E-state index in [1.54, 1.807) is 4.68 Å². The summed E-state index contributed by atoms with van der Waals surface area (Å²) < 4.78 is 7.27. The Labute approximate surface area is 148 Å². The van der Waals surface area contributed by atoms with Crippen LogP contribution >= 0.6 is 0 Å². The number of carbonyl (C=O) groups is 1. The summed E-state index contributed by atoms with van der Waals surface area (Å²) in [6.07, 6.45) is 3.90. The first-order valence-corrected chi connectivity index (χ1v) is 9.13. The summed E-state index contributed by atoms with van der Waals surface area (Å²) in [5.41, 5.74) is 1.92. The Kier molecular flexibility index (Phi) is 5.20. The smallest absolute Gasteiger partial charge is 0.249 e. The molecule has 7 nitrogen and oxygen atoms in total. The zero-order valence-electron chi connectivity index (χ0n) is 15.5. The molecule has 1 amide bonds. The third-order valence-electron chi connectivity index (χ3n) is 5.01. The maximum atomic E-state index is 12.9. The molecule has 136 valence electrons. The molecule has 2 aromatic rings. The first-order valence-electron chi connectivity index (χ1n) is 9.13. The fourth-order valence-corrected chi connectivity index (χ4v) is 3.31. The van der Waals surface area contributed by atoms with E-state index >= 15 is 0 Å². The van der Waals surface area contributed by atoms with Gasteiger partial charge in [-0.3, -0.25) is 9.48 Å². The number of amides is 1. The second-order valence-corrected chi connectivity index (χ2v) is 6.98. The van der Waals surface area contributed by atoms with Crippen molar-refractivity contribution in [3.8, 4) is 0 Å². The highest BCUT2D eigenvalue weighted by Gasteiger charge is 2.32. The van der Waals surface area contributed by atoms with Gasteiger partial charge in [0.25, 0.3) is 0 Å². The highest BCUT2D eigenvalue weighted by atomic mass is 16.5. The number of carbonyl (C=O) groups excluding carboxylic acids is 1. The van der Waals surface area contributed by atoms with Crippen molar-refractivity contribution in [2.24, 2.45) is 0 Å². The van der Waals surface area contributed by atoms with E-state index < -0.39 is 0 Å². The van der Waals surface area contributed by atoms with Crippen LogP contribution in [0.25, 0.3) is 0 Å². The van der Waals surface area contributed by atoms with Crippen LogP contribution in [0.3, 0.4) is 0 Å². The monoisotopic (exact) mass is 345 g/mol. The minimum atomic E-state index is -0.122. The Hall–Kier alpha value is -2.18. The van der Waals surface area contributed by atoms with Gasteiger partial charge in [-0.25, -0.2) is 0 Å². The number of likely N-dealkylation sites (tertiary alicyclic amines) is 1. The Balaban J connectivity index is 1.77. The molecule has 0 aromatic carbocycles. The minimum absolute atomic E-state index is 0.0548. The first-order chi connectivity index (χ1) is 12.0. The average molecular weight is 345 g/mol. The number of aromatic nitrogens is 4. The summed E-state index contributed by atoms with van der Waals surface area (Å²) >= 11 is 0. The summed E-state index contributed by atoms with van der Waals surface area (Å²) in [7, 11) is 0. The summed E-state index contributed by atoms with van der Waals surface area (Å²) in [6, 6.07) is 1.86. The third-order valence-corrected chi connectivity index (χ3v) is 5.01. The zero-order valence-corrected chi connectivity index (χ0v) is 15.5. The standard InChI is InChI=1S/C18H27N5O2/c1-5-12(2)17-19-18(25-21-17)15-8-6-7-9-22(15)16(24)11-23-14(4)10-13(3)20-23/h10,12,15H,5-9,11H2,1-4H3/t12-,15+/m1/s1. The van der Waals surface area contributed by atoms with E-state index in [9.17, 15) is 4.79 Å². The Morgan fingerprint density at radius 1 is 1.40 bits per heavy atom. The van der Waals surface area contributed by atoms with Crippen LogP contribution in [0.2, 0.25) is 0 Å². The molecule has 25 heavy (non-hydrogen) atoms. The molecule has 1 aliphatic rings. The molecular weight excluding hydrogens is 318 g/mol. The lowest BCUT2D eigenvalue weighted by atomic mass is 10.0. The molecule has 0 aliphatic carbocycles. The van der Waals surface area contributed by atoms with Gasteiger partial charge in [-0.2, -0.15) is 10.1 Å². The fraction of sp³-hybridized carbons (Fsp3) is 0.667. The highest BCUT2D eigenvalue weighted by Crippen LogP contribution is 2.31. The molecule has 2 aromatic heterocycles. The van der Waals surface area contributed by atoms with Gasteiger partial charge < -0.3 is 9.42 Å². The maximum absolute atomic E-state index is 12.9. The van der Waals surface area contributed by atoms with E-state index in [-0.39, 0.29) is 24.4 Å². The molecule has 1 aliphatic heterocycles. The van der Waals surface area contributed by atoms with Crippen molar-refractivity contribution in [1.82, 2.24) is 24.8 Å². The zero-order chi connectivity index (χ0) is 18.0. The number of hydrogen-bond acceptors (Lipinski definition) is 5. The normalized spacial score (nSPS) is 19.2. The van der Waals surface area contributed by atoms with Crippen molar-refractivity contribution in [1.29, 1.82) is 0 Å². The van der Waals surface area contributed by atoms with Crippen molar-refractivity contribution in [3.63, 3.8) is 0 Å². The number of hydrogen-bond donors (Lipinski definition) is 0. The summed E-state index contributed by atoms with van der Waals surface area (Å²) in [4.78, 5) is 19.3. The Morgan fingerprint density at radius 3 is 2.88 bits per heavy atom. The van der Waals surface area contributed by atoms with Gasteiger partial charge in [0.05, 0.1) is 5.69 Å². The lowest BCUT2D eigenvalue weighted by Gasteiger charge is -2.33. The van der Waals surface area contributed by atoms with E-state index in [0.29, 0.717) is 5.89 Å². The van der Waals surface area contributed by atoms with Crippen LogP contribution in [0.1, 0.15) is 74.6 Å². The van der Waals surface area contributed by atoms with E-state index in [1.807, 2.05) is 24.8 Å². The molecule has 0 bridgehead atoms. The second kappa shape index (κ2) is 7.37. The molecule has 1 fully saturated rings. The van der Waals surface area contributed by atoms with Gasteiger partial charge in [0, 0.05) is 18.2 Å². The predicted molar refractivity (Wildman–Crippen MR) is 93.0 cm³/mol. The Morgan fingerprint density at radius 2 is 2.20 bits per heavy atom. The number of aryl methyl sites for hydroxylation is 2. The fourth-order valence-electron chi connectivity index (χ4n) is 3.31. The Bertz CT molecular complexity index is 736. The van der Waals surface area contributed by atoms with E-state index in [2.05, 4.69) is 29.1 Å². The van der Waals surface area contributed by atoms with Gasteiger partial charge in [0.2, 0.25) is 11.8 Å². The molecular formula is C18H27N5O2. The first kappa shape index (κ1) is 17.6. The largest absolute Gasteiger partial charge is 0.337 e.